The zero-order valence-electron chi connectivity index (χ0n) is 15.7. The van der Waals surface area contributed by atoms with Gasteiger partial charge in [-0.25, -0.2) is 4.39 Å². The molecule has 1 N–H and O–H groups in total. The normalized spacial score (nSPS) is 23.5. The fourth-order valence-electron chi connectivity index (χ4n) is 3.72. The third kappa shape index (κ3) is 3.65. The van der Waals surface area contributed by atoms with E-state index in [1.807, 2.05) is 0 Å². The topological polar surface area (TPSA) is 84.3 Å². The summed E-state index contributed by atoms with van der Waals surface area (Å²) in [5, 5.41) is 7.79. The van der Waals surface area contributed by atoms with Crippen LogP contribution in [0.15, 0.2) is 24.3 Å². The van der Waals surface area contributed by atoms with Crippen molar-refractivity contribution >= 4 is 35.8 Å². The quantitative estimate of drug-likeness (QED) is 0.594. The average molecular weight is 384 g/mol. The lowest BCUT2D eigenvalue weighted by Crippen LogP contribution is -2.47. The smallest absolute Gasteiger partial charge is 0.245 e. The number of Topliss-reactive ketones (excluding diaryl/α,β-unsaturated/α-hetero) is 1. The summed E-state index contributed by atoms with van der Waals surface area (Å²) in [6.07, 6.45) is -0.104. The molecule has 2 aliphatic heterocycles. The molecule has 2 aromatic rings. The van der Waals surface area contributed by atoms with Crippen LogP contribution in [0.4, 0.5) is 4.39 Å². The number of aromatic nitrogens is 2. The van der Waals surface area contributed by atoms with E-state index in [4.69, 9.17) is 0 Å². The lowest BCUT2D eigenvalue weighted by Gasteiger charge is -2.23. The van der Waals surface area contributed by atoms with Crippen molar-refractivity contribution in [3.05, 3.63) is 30.0 Å². The molecule has 3 atom stereocenters. The van der Waals surface area contributed by atoms with Gasteiger partial charge in [0, 0.05) is 25.3 Å². The number of hydrogen-bond donors (Lipinski definition) is 1. The maximum Gasteiger partial charge on any atom is 0.245 e. The van der Waals surface area contributed by atoms with Crippen LogP contribution in [0.1, 0.15) is 23.8 Å². The number of alkyl halides is 1. The number of nitrogens with zero attached hydrogens (tertiary/aromatic N) is 3. The maximum atomic E-state index is 14.0. The van der Waals surface area contributed by atoms with E-state index in [0.717, 1.165) is 13.6 Å². The predicted molar refractivity (Wildman–Crippen MR) is 103 cm³/mol. The van der Waals surface area contributed by atoms with Gasteiger partial charge in [-0.1, -0.05) is 30.3 Å². The van der Waals surface area contributed by atoms with Crippen molar-refractivity contribution in [1.82, 2.24) is 20.0 Å². The first-order valence-corrected chi connectivity index (χ1v) is 9.61. The van der Waals surface area contributed by atoms with Crippen molar-refractivity contribution in [2.24, 2.45) is 0 Å². The van der Waals surface area contributed by atoms with E-state index < -0.39 is 12.2 Å². The number of ketones is 1. The van der Waals surface area contributed by atoms with Gasteiger partial charge < -0.3 is 10.2 Å². The van der Waals surface area contributed by atoms with E-state index in [1.165, 1.54) is 16.5 Å². The number of rotatable bonds is 6. The summed E-state index contributed by atoms with van der Waals surface area (Å²) >= 11 is 0. The second kappa shape index (κ2) is 7.37. The molecule has 0 radical (unpaired) electrons. The van der Waals surface area contributed by atoms with Crippen LogP contribution >= 0.6 is 0 Å². The van der Waals surface area contributed by atoms with Crippen LogP contribution in [0.25, 0.3) is 10.9 Å². The first-order valence-electron chi connectivity index (χ1n) is 9.61. The molecule has 2 saturated heterocycles. The summed E-state index contributed by atoms with van der Waals surface area (Å²) in [4.78, 5) is 38.5. The minimum Gasteiger partial charge on any atom is -0.355 e. The lowest BCUT2D eigenvalue weighted by atomic mass is 10.0. The van der Waals surface area contributed by atoms with Gasteiger partial charge in [-0.15, -0.1) is 0 Å². The Balaban J connectivity index is 1.52. The molecule has 7 nitrogen and oxygen atoms in total. The molecule has 3 heterocycles. The number of amides is 2. The van der Waals surface area contributed by atoms with Gasteiger partial charge in [0.05, 0.1) is 12.1 Å². The number of fused-ring (bicyclic) bond motifs is 1. The van der Waals surface area contributed by atoms with Crippen molar-refractivity contribution in [2.75, 3.05) is 13.1 Å². The van der Waals surface area contributed by atoms with Crippen LogP contribution < -0.4 is 5.32 Å². The molecule has 1 aromatic carbocycles. The Bertz CT molecular complexity index is 942. The molecule has 28 heavy (non-hydrogen) atoms. The fraction of sp³-hybridized carbons (Fsp3) is 0.474. The maximum absolute atomic E-state index is 14.0. The Morgan fingerprint density at radius 3 is 2.79 bits per heavy atom. The van der Waals surface area contributed by atoms with Crippen LogP contribution in [-0.2, 0) is 16.1 Å². The molecule has 2 aliphatic rings. The summed E-state index contributed by atoms with van der Waals surface area (Å²) in [5.41, 5.74) is 0.957. The van der Waals surface area contributed by atoms with E-state index in [-0.39, 0.29) is 37.1 Å². The van der Waals surface area contributed by atoms with Crippen molar-refractivity contribution in [1.29, 1.82) is 0 Å². The highest BCUT2D eigenvalue weighted by molar-refractivity contribution is 6.51. The molecule has 1 unspecified atom stereocenters. The first kappa shape index (κ1) is 18.6. The summed E-state index contributed by atoms with van der Waals surface area (Å²) in [6, 6.07) is 6.37. The highest BCUT2D eigenvalue weighted by atomic mass is 19.1. The summed E-state index contributed by atoms with van der Waals surface area (Å²) in [6.45, 7) is 1.77. The third-order valence-electron chi connectivity index (χ3n) is 5.41. The average Bonchev–Trinajstić information content (AvgIpc) is 3.31. The SMILES string of the molecule is CC(=O)c1nn(CC(=O)N2C[C@H](F)C[C@H]2C(=O)NCC2BC2)c2ccccc12. The predicted octanol–water partition coefficient (Wildman–Crippen LogP) is 0.951. The molecule has 2 fully saturated rings. The van der Waals surface area contributed by atoms with E-state index in [0.29, 0.717) is 29.0 Å². The van der Waals surface area contributed by atoms with Crippen molar-refractivity contribution in [3.8, 4) is 0 Å². The van der Waals surface area contributed by atoms with Gasteiger partial charge in [0.1, 0.15) is 31.7 Å². The van der Waals surface area contributed by atoms with Crippen LogP contribution in [0.5, 0.6) is 0 Å². The van der Waals surface area contributed by atoms with Gasteiger partial charge in [0.2, 0.25) is 11.8 Å². The Kier molecular flexibility index (Phi) is 4.91. The number of nitrogens with one attached hydrogen (secondary N) is 1. The minimum atomic E-state index is -1.22. The van der Waals surface area contributed by atoms with Gasteiger partial charge >= 0.3 is 0 Å². The van der Waals surface area contributed by atoms with Crippen molar-refractivity contribution in [3.63, 3.8) is 0 Å². The number of likely N-dealkylation sites (tertiary alicyclic amines) is 1. The highest BCUT2D eigenvalue weighted by Gasteiger charge is 2.40. The van der Waals surface area contributed by atoms with Gasteiger partial charge in [0.25, 0.3) is 0 Å². The van der Waals surface area contributed by atoms with Gasteiger partial charge in [-0.3, -0.25) is 19.1 Å². The zero-order chi connectivity index (χ0) is 19.8. The van der Waals surface area contributed by atoms with Crippen molar-refractivity contribution < 1.29 is 18.8 Å². The second-order valence-electron chi connectivity index (χ2n) is 7.66. The molecule has 0 bridgehead atoms. The Morgan fingerprint density at radius 1 is 1.32 bits per heavy atom. The highest BCUT2D eigenvalue weighted by Crippen LogP contribution is 2.27. The van der Waals surface area contributed by atoms with Gasteiger partial charge in [-0.2, -0.15) is 5.10 Å². The summed E-state index contributed by atoms with van der Waals surface area (Å²) < 4.78 is 15.5. The van der Waals surface area contributed by atoms with E-state index >= 15 is 0 Å². The number of carbonyl (C=O) groups excluding carboxylic acids is 3. The summed E-state index contributed by atoms with van der Waals surface area (Å²) in [7, 11) is 1.10. The molecular weight excluding hydrogens is 362 g/mol. The second-order valence-corrected chi connectivity index (χ2v) is 7.66. The molecule has 0 saturated carbocycles. The fourth-order valence-corrected chi connectivity index (χ4v) is 3.72. The van der Waals surface area contributed by atoms with E-state index in [9.17, 15) is 18.8 Å². The van der Waals surface area contributed by atoms with E-state index in [1.54, 1.807) is 24.3 Å². The number of carbonyl (C=O) groups is 3. The number of benzene rings is 1. The van der Waals surface area contributed by atoms with Gasteiger partial charge in [0.15, 0.2) is 5.78 Å². The zero-order valence-corrected chi connectivity index (χ0v) is 15.7. The van der Waals surface area contributed by atoms with Crippen LogP contribution in [0.2, 0.25) is 12.1 Å². The first-order chi connectivity index (χ1) is 13.4. The minimum absolute atomic E-state index is 0.0147. The van der Waals surface area contributed by atoms with Crippen LogP contribution in [-0.4, -0.2) is 64.9 Å². The van der Waals surface area contributed by atoms with E-state index in [2.05, 4.69) is 10.4 Å². The number of halogens is 1. The Morgan fingerprint density at radius 2 is 2.07 bits per heavy atom. The van der Waals surface area contributed by atoms with Crippen LogP contribution in [0, 0.1) is 0 Å². The van der Waals surface area contributed by atoms with Crippen molar-refractivity contribution in [2.45, 2.75) is 44.2 Å². The largest absolute Gasteiger partial charge is 0.355 e. The van der Waals surface area contributed by atoms with Crippen LogP contribution in [0.3, 0.4) is 0 Å². The molecule has 4 rings (SSSR count). The standard InChI is InChI=1S/C19H22BFN4O3/c1-11(26)18-14-4-2-3-5-15(14)25(23-18)10-17(27)24-9-13(21)6-16(24)19(28)22-8-12-7-20-12/h2-5,12-13,16,20H,6-10H2,1H3,(H,22,28)/t12?,13-,16+/m1/s1. The monoisotopic (exact) mass is 384 g/mol. The Hall–Kier alpha value is -2.71. The molecular formula is C19H22BFN4O3. The lowest BCUT2D eigenvalue weighted by molar-refractivity contribution is -0.139. The molecule has 2 amide bonds. The molecule has 0 aliphatic carbocycles. The van der Waals surface area contributed by atoms with Gasteiger partial charge in [-0.05, 0) is 6.07 Å². The number of hydrogen-bond acceptors (Lipinski definition) is 4. The molecule has 1 aromatic heterocycles. The Labute approximate surface area is 162 Å². The molecule has 9 heteroatoms. The number of para-hydroxylation sites is 1. The summed E-state index contributed by atoms with van der Waals surface area (Å²) in [5.74, 6) is -0.355. The third-order valence-corrected chi connectivity index (χ3v) is 5.41. The molecule has 146 valence electrons. The molecule has 0 spiro atoms.